The fourth-order valence-corrected chi connectivity index (χ4v) is 3.49. The third-order valence-corrected chi connectivity index (χ3v) is 4.48. The normalized spacial score (nSPS) is 10.4. The van der Waals surface area contributed by atoms with E-state index < -0.39 is 0 Å². The van der Waals surface area contributed by atoms with Crippen molar-refractivity contribution < 1.29 is 14.3 Å². The lowest BCUT2D eigenvalue weighted by Gasteiger charge is -2.12. The van der Waals surface area contributed by atoms with Crippen LogP contribution in [0.15, 0.2) is 18.2 Å². The molecule has 20 heavy (non-hydrogen) atoms. The summed E-state index contributed by atoms with van der Waals surface area (Å²) in [6, 6.07) is 4.70. The van der Waals surface area contributed by atoms with E-state index in [0.29, 0.717) is 25.5 Å². The summed E-state index contributed by atoms with van der Waals surface area (Å²) in [7, 11) is 2.91. The summed E-state index contributed by atoms with van der Waals surface area (Å²) in [5.74, 6) is 0.364. The number of rotatable bonds is 4. The number of thiophene rings is 1. The number of benzene rings is 1. The van der Waals surface area contributed by atoms with Gasteiger partial charge in [0.2, 0.25) is 0 Å². The minimum Gasteiger partial charge on any atom is -0.495 e. The minimum absolute atomic E-state index is 0.235. The highest BCUT2D eigenvalue weighted by molar-refractivity contribution is 7.20. The van der Waals surface area contributed by atoms with Gasteiger partial charge < -0.3 is 9.47 Å². The zero-order valence-corrected chi connectivity index (χ0v) is 13.6. The Morgan fingerprint density at radius 3 is 2.30 bits per heavy atom. The van der Waals surface area contributed by atoms with E-state index in [0.717, 1.165) is 11.3 Å². The van der Waals surface area contributed by atoms with E-state index in [2.05, 4.69) is 0 Å². The van der Waals surface area contributed by atoms with Crippen molar-refractivity contribution in [1.29, 1.82) is 0 Å². The maximum absolute atomic E-state index is 12.5. The van der Waals surface area contributed by atoms with E-state index in [1.54, 1.807) is 12.1 Å². The molecule has 0 saturated carbocycles. The predicted molar refractivity (Wildman–Crippen MR) is 82.3 cm³/mol. The highest BCUT2D eigenvalue weighted by Crippen LogP contribution is 2.39. The molecule has 3 nitrogen and oxygen atoms in total. The standard InChI is InChI=1S/C13H9Cl3O3S/c1-18-8-4-3-6(12(19-2)10(8)15)11(17)7-5-9(14)20-13(7)16/h3-5H,1-2H3. The van der Waals surface area contributed by atoms with Gasteiger partial charge in [-0.1, -0.05) is 34.8 Å². The maximum Gasteiger partial charge on any atom is 0.199 e. The second kappa shape index (κ2) is 6.22. The summed E-state index contributed by atoms with van der Waals surface area (Å²) in [5, 5.41) is 0.235. The first-order valence-corrected chi connectivity index (χ1v) is 7.34. The van der Waals surface area contributed by atoms with Gasteiger partial charge in [0.1, 0.15) is 15.1 Å². The molecular formula is C13H9Cl3O3S. The molecule has 7 heteroatoms. The second-order valence-corrected chi connectivity index (χ2v) is 6.39. The Morgan fingerprint density at radius 1 is 1.10 bits per heavy atom. The number of halogens is 3. The first kappa shape index (κ1) is 15.4. The van der Waals surface area contributed by atoms with Crippen LogP contribution in [0.5, 0.6) is 11.5 Å². The Balaban J connectivity index is 2.55. The number of ketones is 1. The lowest BCUT2D eigenvalue weighted by molar-refractivity contribution is 0.103. The van der Waals surface area contributed by atoms with Crippen LogP contribution in [0.2, 0.25) is 13.7 Å². The van der Waals surface area contributed by atoms with Gasteiger partial charge in [0.25, 0.3) is 0 Å². The summed E-state index contributed by atoms with van der Waals surface area (Å²) in [4.78, 5) is 12.5. The topological polar surface area (TPSA) is 35.5 Å². The van der Waals surface area contributed by atoms with Crippen LogP contribution in [-0.4, -0.2) is 20.0 Å². The highest BCUT2D eigenvalue weighted by atomic mass is 35.5. The van der Waals surface area contributed by atoms with E-state index in [1.807, 2.05) is 0 Å². The van der Waals surface area contributed by atoms with E-state index in [1.165, 1.54) is 20.3 Å². The van der Waals surface area contributed by atoms with Crippen LogP contribution in [0.4, 0.5) is 0 Å². The second-order valence-electron chi connectivity index (χ2n) is 3.73. The number of carbonyl (C=O) groups excluding carboxylic acids is 1. The molecule has 106 valence electrons. The van der Waals surface area contributed by atoms with Crippen LogP contribution < -0.4 is 9.47 Å². The Labute approximate surface area is 135 Å². The molecule has 2 aromatic rings. The van der Waals surface area contributed by atoms with Crippen molar-refractivity contribution in [1.82, 2.24) is 0 Å². The first-order chi connectivity index (χ1) is 9.49. The monoisotopic (exact) mass is 350 g/mol. The average molecular weight is 352 g/mol. The van der Waals surface area contributed by atoms with Gasteiger partial charge in [0.05, 0.1) is 29.7 Å². The lowest BCUT2D eigenvalue weighted by atomic mass is 10.0. The molecule has 1 aromatic heterocycles. The number of ether oxygens (including phenoxy) is 2. The van der Waals surface area contributed by atoms with E-state index in [9.17, 15) is 4.79 Å². The van der Waals surface area contributed by atoms with Crippen LogP contribution >= 0.6 is 46.1 Å². The number of hydrogen-bond acceptors (Lipinski definition) is 4. The number of carbonyl (C=O) groups is 1. The zero-order chi connectivity index (χ0) is 14.9. The minimum atomic E-state index is -0.306. The quantitative estimate of drug-likeness (QED) is 0.731. The van der Waals surface area contributed by atoms with Crippen LogP contribution in [0.1, 0.15) is 15.9 Å². The van der Waals surface area contributed by atoms with E-state index in [4.69, 9.17) is 44.3 Å². The van der Waals surface area contributed by atoms with E-state index in [-0.39, 0.29) is 16.6 Å². The maximum atomic E-state index is 12.5. The fourth-order valence-electron chi connectivity index (χ4n) is 1.71. The molecule has 0 aliphatic heterocycles. The van der Waals surface area contributed by atoms with Gasteiger partial charge in [0.15, 0.2) is 11.5 Å². The van der Waals surface area contributed by atoms with Crippen molar-refractivity contribution in [3.63, 3.8) is 0 Å². The van der Waals surface area contributed by atoms with Crippen molar-refractivity contribution >= 4 is 51.9 Å². The lowest BCUT2D eigenvalue weighted by Crippen LogP contribution is -2.04. The summed E-state index contributed by atoms with van der Waals surface area (Å²) in [5.41, 5.74) is 0.621. The smallest absolute Gasteiger partial charge is 0.199 e. The summed E-state index contributed by atoms with van der Waals surface area (Å²) in [6.07, 6.45) is 0. The molecule has 0 amide bonds. The van der Waals surface area contributed by atoms with Crippen molar-refractivity contribution in [3.8, 4) is 11.5 Å². The Morgan fingerprint density at radius 2 is 1.80 bits per heavy atom. The molecule has 1 heterocycles. The summed E-state index contributed by atoms with van der Waals surface area (Å²) in [6.45, 7) is 0. The first-order valence-electron chi connectivity index (χ1n) is 5.39. The van der Waals surface area contributed by atoms with Gasteiger partial charge in [-0.15, -0.1) is 11.3 Å². The van der Waals surface area contributed by atoms with Gasteiger partial charge in [-0.05, 0) is 18.2 Å². The Kier molecular flexibility index (Phi) is 4.81. The SMILES string of the molecule is COc1ccc(C(=O)c2cc(Cl)sc2Cl)c(OC)c1Cl. The molecule has 0 aliphatic rings. The van der Waals surface area contributed by atoms with Crippen molar-refractivity contribution in [2.24, 2.45) is 0 Å². The van der Waals surface area contributed by atoms with Gasteiger partial charge in [-0.2, -0.15) is 0 Å². The third kappa shape index (κ3) is 2.74. The van der Waals surface area contributed by atoms with Crippen LogP contribution in [-0.2, 0) is 0 Å². The van der Waals surface area contributed by atoms with Gasteiger partial charge in [-0.25, -0.2) is 0 Å². The van der Waals surface area contributed by atoms with Gasteiger partial charge in [-0.3, -0.25) is 4.79 Å². The highest BCUT2D eigenvalue weighted by Gasteiger charge is 2.23. The van der Waals surface area contributed by atoms with Crippen LogP contribution in [0, 0.1) is 0 Å². The molecule has 2 rings (SSSR count). The molecule has 0 N–H and O–H groups in total. The van der Waals surface area contributed by atoms with Crippen LogP contribution in [0.3, 0.4) is 0 Å². The number of methoxy groups -OCH3 is 2. The molecule has 0 atom stereocenters. The molecule has 0 saturated heterocycles. The molecule has 0 spiro atoms. The van der Waals surface area contributed by atoms with Crippen molar-refractivity contribution in [3.05, 3.63) is 43.0 Å². The summed E-state index contributed by atoms with van der Waals surface area (Å²) >= 11 is 19.1. The van der Waals surface area contributed by atoms with Crippen LogP contribution in [0.25, 0.3) is 0 Å². The Bertz CT molecular complexity index is 667. The fraction of sp³-hybridized carbons (Fsp3) is 0.154. The van der Waals surface area contributed by atoms with Gasteiger partial charge >= 0.3 is 0 Å². The largest absolute Gasteiger partial charge is 0.495 e. The average Bonchev–Trinajstić information content (AvgIpc) is 2.76. The zero-order valence-electron chi connectivity index (χ0n) is 10.5. The van der Waals surface area contributed by atoms with Crippen molar-refractivity contribution in [2.75, 3.05) is 14.2 Å². The van der Waals surface area contributed by atoms with E-state index >= 15 is 0 Å². The molecule has 0 aliphatic carbocycles. The predicted octanol–water partition coefficient (Wildman–Crippen LogP) is 4.96. The Hall–Kier alpha value is -0.940. The van der Waals surface area contributed by atoms with Crippen molar-refractivity contribution in [2.45, 2.75) is 0 Å². The third-order valence-electron chi connectivity index (χ3n) is 2.63. The molecule has 0 unspecified atom stereocenters. The molecule has 0 fully saturated rings. The molecule has 0 bridgehead atoms. The van der Waals surface area contributed by atoms with Gasteiger partial charge in [0, 0.05) is 0 Å². The number of hydrogen-bond donors (Lipinski definition) is 0. The summed E-state index contributed by atoms with van der Waals surface area (Å²) < 4.78 is 11.1. The molecular weight excluding hydrogens is 343 g/mol. The molecule has 0 radical (unpaired) electrons. The molecule has 1 aromatic carbocycles.